The van der Waals surface area contributed by atoms with E-state index < -0.39 is 29.2 Å². The molecule has 4 heterocycles. The summed E-state index contributed by atoms with van der Waals surface area (Å²) >= 11 is 5.22. The zero-order valence-corrected chi connectivity index (χ0v) is 19.8. The summed E-state index contributed by atoms with van der Waals surface area (Å²) in [5, 5.41) is 29.6. The lowest BCUT2D eigenvalue weighted by molar-refractivity contribution is -0.150. The number of aromatic nitrogens is 4. The molecule has 2 aliphatic heterocycles. The number of carbonyl (C=O) groups excluding carboxylic acids is 2. The molecule has 16 heteroatoms. The van der Waals surface area contributed by atoms with Crippen LogP contribution in [0.15, 0.2) is 26.1 Å². The second-order valence-corrected chi connectivity index (χ2v) is 10.5. The number of carboxylic acid groups (broad SMARTS) is 1. The van der Waals surface area contributed by atoms with Crippen LogP contribution in [-0.4, -0.2) is 83.3 Å². The molecule has 1 fully saturated rings. The molecule has 2 aromatic heterocycles. The number of amides is 2. The van der Waals surface area contributed by atoms with Gasteiger partial charge in [-0.25, -0.2) is 4.79 Å². The molecule has 4 rings (SSSR count). The van der Waals surface area contributed by atoms with Crippen LogP contribution < -0.4 is 5.32 Å². The van der Waals surface area contributed by atoms with Crippen molar-refractivity contribution >= 4 is 69.9 Å². The molecule has 168 valence electrons. The average molecular weight is 514 g/mol. The number of oxime groups is 1. The maximum atomic E-state index is 12.8. The van der Waals surface area contributed by atoms with E-state index in [2.05, 4.69) is 30.3 Å². The molecule has 0 aliphatic carbocycles. The molecular formula is C16H15N7O5S4. The Bertz CT molecular complexity index is 1120. The zero-order chi connectivity index (χ0) is 22.8. The molecule has 0 aromatic carbocycles. The summed E-state index contributed by atoms with van der Waals surface area (Å²) in [6, 6.07) is -0.893. The van der Waals surface area contributed by atoms with Crippen molar-refractivity contribution in [3.05, 3.63) is 27.4 Å². The number of hydrogen-bond donors (Lipinski definition) is 2. The fourth-order valence-electron chi connectivity index (χ4n) is 3.05. The monoisotopic (exact) mass is 513 g/mol. The second-order valence-electron chi connectivity index (χ2n) is 6.41. The van der Waals surface area contributed by atoms with Crippen LogP contribution in [0.1, 0.15) is 10.7 Å². The molecule has 1 saturated heterocycles. The molecule has 0 radical (unpaired) electrons. The van der Waals surface area contributed by atoms with Gasteiger partial charge in [0, 0.05) is 16.9 Å². The molecule has 12 nitrogen and oxygen atoms in total. The standard InChI is InChI=1S/C16H15N7O5S4/c1-6-18-20-16(32-6)30-4-7-3-29-14-10(13(25)23(14)11(7)15(26)27)17-12(24)9(21-28-2)8-5-31-22-19-8/h5,10,14H,3-4H2,1-2H3,(H,17,24)(H,26,27)/t10?,14-/m0/s1. The normalized spacial score (nSPS) is 20.6. The maximum absolute atomic E-state index is 12.8. The number of aryl methyl sites for hydroxylation is 1. The Labute approximate surface area is 197 Å². The maximum Gasteiger partial charge on any atom is 0.352 e. The Morgan fingerprint density at radius 2 is 2.22 bits per heavy atom. The van der Waals surface area contributed by atoms with Gasteiger partial charge >= 0.3 is 5.97 Å². The molecular weight excluding hydrogens is 498 g/mol. The van der Waals surface area contributed by atoms with Crippen molar-refractivity contribution in [3.8, 4) is 0 Å². The lowest BCUT2D eigenvalue weighted by atomic mass is 10.0. The molecule has 2 amide bonds. The number of carboxylic acids is 1. The summed E-state index contributed by atoms with van der Waals surface area (Å²) in [5.41, 5.74) is 0.663. The van der Waals surface area contributed by atoms with Crippen LogP contribution >= 0.6 is 46.4 Å². The number of aliphatic carboxylic acids is 1. The van der Waals surface area contributed by atoms with Gasteiger partial charge in [-0.1, -0.05) is 32.7 Å². The van der Waals surface area contributed by atoms with Gasteiger partial charge in [-0.2, -0.15) is 0 Å². The van der Waals surface area contributed by atoms with Gasteiger partial charge in [0.1, 0.15) is 34.9 Å². The third kappa shape index (κ3) is 4.35. The van der Waals surface area contributed by atoms with Crippen LogP contribution in [0.2, 0.25) is 0 Å². The first-order valence-electron chi connectivity index (χ1n) is 8.93. The fraction of sp³-hybridized carbons (Fsp3) is 0.375. The topological polar surface area (TPSA) is 160 Å². The van der Waals surface area contributed by atoms with Gasteiger partial charge in [-0.15, -0.1) is 27.1 Å². The van der Waals surface area contributed by atoms with E-state index in [0.29, 0.717) is 17.1 Å². The number of fused-ring (bicyclic) bond motifs is 1. The first-order valence-corrected chi connectivity index (χ1v) is 12.6. The largest absolute Gasteiger partial charge is 0.477 e. The summed E-state index contributed by atoms with van der Waals surface area (Å²) < 4.78 is 4.42. The Hall–Kier alpha value is -2.56. The van der Waals surface area contributed by atoms with Crippen molar-refractivity contribution in [3.63, 3.8) is 0 Å². The minimum atomic E-state index is -1.19. The van der Waals surface area contributed by atoms with Crippen LogP contribution in [0.25, 0.3) is 0 Å². The second kappa shape index (κ2) is 9.51. The van der Waals surface area contributed by atoms with Crippen molar-refractivity contribution in [2.24, 2.45) is 5.16 Å². The van der Waals surface area contributed by atoms with Gasteiger partial charge in [0.2, 0.25) is 0 Å². The van der Waals surface area contributed by atoms with E-state index in [1.54, 1.807) is 0 Å². The lowest BCUT2D eigenvalue weighted by Crippen LogP contribution is -2.71. The Balaban J connectivity index is 1.48. The highest BCUT2D eigenvalue weighted by molar-refractivity contribution is 8.01. The fourth-order valence-corrected chi connectivity index (χ4v) is 6.79. The first kappa shape index (κ1) is 22.6. The minimum Gasteiger partial charge on any atom is -0.477 e. The molecule has 2 aliphatic rings. The third-order valence-corrected chi connectivity index (χ3v) is 8.32. The SMILES string of the molecule is CON=C(C(=O)NC1C(=O)N2C(C(=O)O)=C(CSc3nnc(C)s3)CS[C@@H]12)c1csnn1. The number of rotatable bonds is 8. The number of nitrogens with zero attached hydrogens (tertiary/aromatic N) is 6. The molecule has 0 saturated carbocycles. The molecule has 0 bridgehead atoms. The van der Waals surface area contributed by atoms with E-state index in [1.165, 1.54) is 52.3 Å². The van der Waals surface area contributed by atoms with Gasteiger partial charge in [-0.05, 0) is 24.0 Å². The van der Waals surface area contributed by atoms with Crippen molar-refractivity contribution in [1.82, 2.24) is 30.0 Å². The quantitative estimate of drug-likeness (QED) is 0.220. The molecule has 2 atom stereocenters. The van der Waals surface area contributed by atoms with Crippen molar-refractivity contribution in [2.45, 2.75) is 22.7 Å². The summed E-state index contributed by atoms with van der Waals surface area (Å²) in [6.07, 6.45) is 0. The first-order chi connectivity index (χ1) is 15.4. The van der Waals surface area contributed by atoms with Crippen molar-refractivity contribution < 1.29 is 24.3 Å². The number of carbonyl (C=O) groups is 3. The molecule has 2 aromatic rings. The highest BCUT2D eigenvalue weighted by Gasteiger charge is 2.54. The van der Waals surface area contributed by atoms with Crippen molar-refractivity contribution in [2.75, 3.05) is 18.6 Å². The lowest BCUT2D eigenvalue weighted by Gasteiger charge is -2.49. The van der Waals surface area contributed by atoms with Crippen LogP contribution in [0.3, 0.4) is 0 Å². The van der Waals surface area contributed by atoms with E-state index >= 15 is 0 Å². The molecule has 0 spiro atoms. The highest BCUT2D eigenvalue weighted by Crippen LogP contribution is 2.41. The molecule has 2 N–H and O–H groups in total. The highest BCUT2D eigenvalue weighted by atomic mass is 32.2. The van der Waals surface area contributed by atoms with Crippen molar-refractivity contribution in [1.29, 1.82) is 0 Å². The average Bonchev–Trinajstić information content (AvgIpc) is 3.45. The Kier molecular flexibility index (Phi) is 6.73. The number of hydrogen-bond acceptors (Lipinski definition) is 13. The Morgan fingerprint density at radius 3 is 2.84 bits per heavy atom. The van der Waals surface area contributed by atoms with Crippen LogP contribution in [0, 0.1) is 6.92 Å². The molecule has 32 heavy (non-hydrogen) atoms. The van der Waals surface area contributed by atoms with Crippen LogP contribution in [0.5, 0.6) is 0 Å². The number of thioether (sulfide) groups is 2. The van der Waals surface area contributed by atoms with E-state index in [0.717, 1.165) is 20.9 Å². The van der Waals surface area contributed by atoms with Gasteiger partial charge in [0.15, 0.2) is 10.1 Å². The smallest absolute Gasteiger partial charge is 0.352 e. The van der Waals surface area contributed by atoms with Crippen LogP contribution in [-0.2, 0) is 19.2 Å². The van der Waals surface area contributed by atoms with E-state index in [-0.39, 0.29) is 17.1 Å². The van der Waals surface area contributed by atoms with Crippen LogP contribution in [0.4, 0.5) is 0 Å². The van der Waals surface area contributed by atoms with E-state index in [9.17, 15) is 19.5 Å². The summed E-state index contributed by atoms with van der Waals surface area (Å²) in [5.74, 6) is -1.57. The summed E-state index contributed by atoms with van der Waals surface area (Å²) in [7, 11) is 1.28. The minimum absolute atomic E-state index is 0.0486. The van der Waals surface area contributed by atoms with Gasteiger partial charge in [-0.3, -0.25) is 14.5 Å². The van der Waals surface area contributed by atoms with E-state index in [1.807, 2.05) is 6.92 Å². The third-order valence-electron chi connectivity index (χ3n) is 4.41. The number of nitrogens with one attached hydrogen (secondary N) is 1. The predicted molar refractivity (Wildman–Crippen MR) is 119 cm³/mol. The zero-order valence-electron chi connectivity index (χ0n) is 16.5. The van der Waals surface area contributed by atoms with E-state index in [4.69, 9.17) is 4.84 Å². The van der Waals surface area contributed by atoms with Gasteiger partial charge < -0.3 is 15.3 Å². The summed E-state index contributed by atoms with van der Waals surface area (Å²) in [4.78, 5) is 43.4. The van der Waals surface area contributed by atoms with Gasteiger partial charge in [0.25, 0.3) is 11.8 Å². The predicted octanol–water partition coefficient (Wildman–Crippen LogP) is 0.579. The van der Waals surface area contributed by atoms with Gasteiger partial charge in [0.05, 0.1) is 0 Å². The summed E-state index contributed by atoms with van der Waals surface area (Å²) in [6.45, 7) is 1.84. The Morgan fingerprint density at radius 1 is 1.41 bits per heavy atom. The molecule has 1 unspecified atom stereocenters. The number of β-lactam (4-membered cyclic amide) rings is 1.